The predicted octanol–water partition coefficient (Wildman–Crippen LogP) is 0.683. The monoisotopic (exact) mass is 143 g/mol. The molecule has 0 aromatic rings. The van der Waals surface area contributed by atoms with Gasteiger partial charge in [-0.25, -0.2) is 0 Å². The van der Waals surface area contributed by atoms with E-state index < -0.39 is 0 Å². The maximum absolute atomic E-state index is 3.77. The molecular formula is C5H14Ga. The van der Waals surface area contributed by atoms with Crippen LogP contribution in [-0.4, -0.2) is 19.8 Å². The van der Waals surface area contributed by atoms with Crippen molar-refractivity contribution in [2.24, 2.45) is 5.41 Å². The van der Waals surface area contributed by atoms with Crippen LogP contribution < -0.4 is 0 Å². The minimum atomic E-state index is 0. The summed E-state index contributed by atoms with van der Waals surface area (Å²) < 4.78 is 0. The van der Waals surface area contributed by atoms with Crippen LogP contribution in [0, 0.1) is 12.3 Å². The molecule has 1 radical (unpaired) electrons. The van der Waals surface area contributed by atoms with Crippen LogP contribution in [0.25, 0.3) is 0 Å². The molecule has 6 heavy (non-hydrogen) atoms. The molecule has 0 saturated heterocycles. The van der Waals surface area contributed by atoms with Crippen LogP contribution in [0.2, 0.25) is 0 Å². The molecule has 37 valence electrons. The van der Waals surface area contributed by atoms with Gasteiger partial charge in [-0.1, -0.05) is 20.8 Å². The Bertz CT molecular complexity index is 19.4. The first kappa shape index (κ1) is 9.81. The summed E-state index contributed by atoms with van der Waals surface area (Å²) in [6.07, 6.45) is 0. The molecule has 0 rings (SSSR count). The number of rotatable bonds is 0. The first-order chi connectivity index (χ1) is 2.00. The summed E-state index contributed by atoms with van der Waals surface area (Å²) in [5.74, 6) is 0. The Hall–Kier alpha value is 0.636. The minimum absolute atomic E-state index is 0. The fourth-order valence-electron chi connectivity index (χ4n) is 0. The topological polar surface area (TPSA) is 0 Å². The third-order valence-corrected chi connectivity index (χ3v) is 0. The van der Waals surface area contributed by atoms with E-state index in [1.165, 1.54) is 0 Å². The van der Waals surface area contributed by atoms with Gasteiger partial charge in [-0.15, -0.1) is 0 Å². The molecule has 0 nitrogen and oxygen atoms in total. The second-order valence-electron chi connectivity index (χ2n) is 2.56. The van der Waals surface area contributed by atoms with Gasteiger partial charge in [-0.05, 0) is 12.3 Å². The van der Waals surface area contributed by atoms with Crippen molar-refractivity contribution >= 4 is 19.8 Å². The van der Waals surface area contributed by atoms with Crippen LogP contribution >= 0.6 is 0 Å². The van der Waals surface area contributed by atoms with Gasteiger partial charge in [-0.2, -0.15) is 0 Å². The van der Waals surface area contributed by atoms with Gasteiger partial charge in [-0.3, -0.25) is 0 Å². The van der Waals surface area contributed by atoms with Gasteiger partial charge in [0.1, 0.15) is 0 Å². The second-order valence-corrected chi connectivity index (χ2v) is 2.56. The van der Waals surface area contributed by atoms with E-state index in [1.807, 2.05) is 0 Å². The van der Waals surface area contributed by atoms with Gasteiger partial charge >= 0.3 is 19.8 Å². The third-order valence-electron chi connectivity index (χ3n) is 0. The molecule has 0 spiro atoms. The molecule has 0 aliphatic heterocycles. The van der Waals surface area contributed by atoms with E-state index in [0.29, 0.717) is 0 Å². The van der Waals surface area contributed by atoms with Crippen molar-refractivity contribution in [2.45, 2.75) is 20.8 Å². The maximum atomic E-state index is 3.77. The SMILES string of the molecule is [CH2]C(C)(C)C.[GaH3]. The van der Waals surface area contributed by atoms with Crippen molar-refractivity contribution in [1.29, 1.82) is 0 Å². The average molecular weight is 144 g/mol. The zero-order valence-electron chi connectivity index (χ0n) is 4.21. The Morgan fingerprint density at radius 2 is 1.17 bits per heavy atom. The summed E-state index contributed by atoms with van der Waals surface area (Å²) in [6, 6.07) is 0. The van der Waals surface area contributed by atoms with E-state index in [9.17, 15) is 0 Å². The molecule has 1 heteroatoms. The molecule has 0 aliphatic rings. The number of hydrogen-bond acceptors (Lipinski definition) is 0. The van der Waals surface area contributed by atoms with Gasteiger partial charge in [0.05, 0.1) is 0 Å². The Kier molecular flexibility index (Phi) is 4.50. The molecule has 0 aromatic carbocycles. The molecule has 0 aliphatic carbocycles. The van der Waals surface area contributed by atoms with E-state index >= 15 is 0 Å². The van der Waals surface area contributed by atoms with Gasteiger partial charge in [0.2, 0.25) is 0 Å². The molecule has 0 saturated carbocycles. The molecule has 0 atom stereocenters. The van der Waals surface area contributed by atoms with Crippen LogP contribution in [0.5, 0.6) is 0 Å². The fraction of sp³-hybridized carbons (Fsp3) is 0.800. The summed E-state index contributed by atoms with van der Waals surface area (Å²) in [7, 11) is 0. The van der Waals surface area contributed by atoms with Crippen molar-refractivity contribution in [1.82, 2.24) is 0 Å². The standard InChI is InChI=1S/C5H11.Ga.3H/c1-5(2,3)4;;;;/h1H2,2-4H3;;;;. The Morgan fingerprint density at radius 3 is 1.17 bits per heavy atom. The Morgan fingerprint density at radius 1 is 1.17 bits per heavy atom. The van der Waals surface area contributed by atoms with Crippen LogP contribution in [0.3, 0.4) is 0 Å². The predicted molar refractivity (Wildman–Crippen MR) is 34.8 cm³/mol. The molecule has 0 unspecified atom stereocenters. The summed E-state index contributed by atoms with van der Waals surface area (Å²) in [5, 5.41) is 0. The van der Waals surface area contributed by atoms with Crippen molar-refractivity contribution in [2.75, 3.05) is 0 Å². The number of hydrogen-bond donors (Lipinski definition) is 0. The fourth-order valence-corrected chi connectivity index (χ4v) is 0. The van der Waals surface area contributed by atoms with E-state index in [-0.39, 0.29) is 25.2 Å². The molecule has 0 heterocycles. The third kappa shape index (κ3) is 151. The molecular weight excluding hydrogens is 130 g/mol. The zero-order chi connectivity index (χ0) is 4.50. The summed E-state index contributed by atoms with van der Waals surface area (Å²) in [6.45, 7) is 10.0. The van der Waals surface area contributed by atoms with E-state index in [4.69, 9.17) is 0 Å². The molecule has 0 amide bonds. The Labute approximate surface area is 53.4 Å². The van der Waals surface area contributed by atoms with Crippen molar-refractivity contribution in [3.8, 4) is 0 Å². The van der Waals surface area contributed by atoms with Crippen molar-refractivity contribution in [3.63, 3.8) is 0 Å². The summed E-state index contributed by atoms with van der Waals surface area (Å²) in [5.41, 5.74) is 0.250. The normalized spacial score (nSPS) is 10.0. The molecule has 0 fully saturated rings. The van der Waals surface area contributed by atoms with Crippen molar-refractivity contribution < 1.29 is 0 Å². The summed E-state index contributed by atoms with van der Waals surface area (Å²) in [4.78, 5) is 0. The quantitative estimate of drug-likeness (QED) is 0.438. The van der Waals surface area contributed by atoms with Gasteiger partial charge in [0, 0.05) is 0 Å². The average Bonchev–Trinajstić information content (AvgIpc) is 0.722. The first-order valence-electron chi connectivity index (χ1n) is 1.85. The van der Waals surface area contributed by atoms with Gasteiger partial charge in [0.15, 0.2) is 0 Å². The van der Waals surface area contributed by atoms with Gasteiger partial charge in [0.25, 0.3) is 0 Å². The second kappa shape index (κ2) is 2.75. The molecule has 0 bridgehead atoms. The van der Waals surface area contributed by atoms with Crippen LogP contribution in [-0.2, 0) is 0 Å². The Balaban J connectivity index is 0. The van der Waals surface area contributed by atoms with Gasteiger partial charge < -0.3 is 0 Å². The van der Waals surface area contributed by atoms with Crippen LogP contribution in [0.4, 0.5) is 0 Å². The van der Waals surface area contributed by atoms with Crippen molar-refractivity contribution in [3.05, 3.63) is 6.92 Å². The zero-order valence-corrected chi connectivity index (χ0v) is 4.21. The first-order valence-corrected chi connectivity index (χ1v) is 1.85. The molecule has 0 aromatic heterocycles. The van der Waals surface area contributed by atoms with E-state index in [2.05, 4.69) is 27.7 Å². The van der Waals surface area contributed by atoms with Crippen LogP contribution in [0.15, 0.2) is 0 Å². The summed E-state index contributed by atoms with van der Waals surface area (Å²) >= 11 is 0. The van der Waals surface area contributed by atoms with E-state index in [1.54, 1.807) is 0 Å². The molecule has 0 N–H and O–H groups in total. The van der Waals surface area contributed by atoms with Crippen LogP contribution in [0.1, 0.15) is 20.8 Å². The van der Waals surface area contributed by atoms with E-state index in [0.717, 1.165) is 0 Å².